The molecule has 3 aromatic rings. The Labute approximate surface area is 114 Å². The number of aromatic nitrogens is 1. The van der Waals surface area contributed by atoms with Crippen LogP contribution in [0, 0.1) is 0 Å². The Bertz CT molecular complexity index is 645. The molecular formula is C14H11ClN2S. The average molecular weight is 275 g/mol. The molecule has 0 spiro atoms. The second-order valence-corrected chi connectivity index (χ2v) is 5.20. The normalized spacial score (nSPS) is 10.7. The molecule has 1 heterocycles. The van der Waals surface area contributed by atoms with Gasteiger partial charge in [-0.25, -0.2) is 4.98 Å². The number of fused-ring (bicyclic) bond motifs is 1. The number of para-hydroxylation sites is 2. The number of hydrogen-bond acceptors (Lipinski definition) is 3. The van der Waals surface area contributed by atoms with E-state index in [0.717, 1.165) is 21.9 Å². The number of anilines is 2. The first-order valence-corrected chi connectivity index (χ1v) is 6.98. The quantitative estimate of drug-likeness (QED) is 0.695. The standard InChI is InChI=1S/C14H11ClN2S/c15-9-10-5-1-2-6-11(10)16-14-17-12-7-3-4-8-13(12)18-14/h1-8H,9H2,(H,16,17). The van der Waals surface area contributed by atoms with Crippen molar-refractivity contribution in [2.24, 2.45) is 0 Å². The maximum Gasteiger partial charge on any atom is 0.188 e. The van der Waals surface area contributed by atoms with Gasteiger partial charge in [0, 0.05) is 11.6 Å². The van der Waals surface area contributed by atoms with Gasteiger partial charge >= 0.3 is 0 Å². The van der Waals surface area contributed by atoms with Crippen LogP contribution in [0.1, 0.15) is 5.56 Å². The maximum absolute atomic E-state index is 5.92. The van der Waals surface area contributed by atoms with Gasteiger partial charge in [0.05, 0.1) is 10.2 Å². The number of nitrogens with one attached hydrogen (secondary N) is 1. The van der Waals surface area contributed by atoms with Gasteiger partial charge < -0.3 is 5.32 Å². The zero-order valence-electron chi connectivity index (χ0n) is 9.56. The molecule has 0 atom stereocenters. The second kappa shape index (κ2) is 4.96. The number of rotatable bonds is 3. The van der Waals surface area contributed by atoms with Crippen LogP contribution < -0.4 is 5.32 Å². The molecule has 1 N–H and O–H groups in total. The molecule has 90 valence electrons. The molecule has 0 saturated carbocycles. The molecular weight excluding hydrogens is 264 g/mol. The molecule has 4 heteroatoms. The van der Waals surface area contributed by atoms with Gasteiger partial charge in [-0.1, -0.05) is 41.7 Å². The van der Waals surface area contributed by atoms with Crippen molar-refractivity contribution in [3.63, 3.8) is 0 Å². The Morgan fingerprint density at radius 2 is 1.83 bits per heavy atom. The minimum atomic E-state index is 0.494. The topological polar surface area (TPSA) is 24.9 Å². The van der Waals surface area contributed by atoms with Crippen LogP contribution in [0.3, 0.4) is 0 Å². The van der Waals surface area contributed by atoms with Crippen molar-refractivity contribution < 1.29 is 0 Å². The van der Waals surface area contributed by atoms with E-state index in [-0.39, 0.29) is 0 Å². The molecule has 0 saturated heterocycles. The Balaban J connectivity index is 1.96. The largest absolute Gasteiger partial charge is 0.331 e. The highest BCUT2D eigenvalue weighted by molar-refractivity contribution is 7.22. The van der Waals surface area contributed by atoms with Crippen LogP contribution in [0.4, 0.5) is 10.8 Å². The van der Waals surface area contributed by atoms with E-state index in [1.807, 2.05) is 42.5 Å². The van der Waals surface area contributed by atoms with Crippen molar-refractivity contribution in [1.82, 2.24) is 4.98 Å². The Morgan fingerprint density at radius 3 is 2.67 bits per heavy atom. The first-order valence-electron chi connectivity index (χ1n) is 5.63. The lowest BCUT2D eigenvalue weighted by atomic mass is 10.2. The molecule has 2 aromatic carbocycles. The fourth-order valence-corrected chi connectivity index (χ4v) is 2.91. The molecule has 0 aliphatic rings. The summed E-state index contributed by atoms with van der Waals surface area (Å²) in [7, 11) is 0. The molecule has 0 amide bonds. The fourth-order valence-electron chi connectivity index (χ4n) is 1.80. The van der Waals surface area contributed by atoms with Gasteiger partial charge in [0.15, 0.2) is 5.13 Å². The van der Waals surface area contributed by atoms with Crippen molar-refractivity contribution in [1.29, 1.82) is 0 Å². The van der Waals surface area contributed by atoms with Crippen LogP contribution >= 0.6 is 22.9 Å². The van der Waals surface area contributed by atoms with E-state index in [0.29, 0.717) is 5.88 Å². The van der Waals surface area contributed by atoms with Gasteiger partial charge in [0.25, 0.3) is 0 Å². The van der Waals surface area contributed by atoms with Gasteiger partial charge in [-0.2, -0.15) is 0 Å². The van der Waals surface area contributed by atoms with Crippen molar-refractivity contribution >= 4 is 44.0 Å². The zero-order valence-corrected chi connectivity index (χ0v) is 11.1. The predicted molar refractivity (Wildman–Crippen MR) is 78.9 cm³/mol. The second-order valence-electron chi connectivity index (χ2n) is 3.90. The Morgan fingerprint density at radius 1 is 1.06 bits per heavy atom. The molecule has 0 radical (unpaired) electrons. The molecule has 3 rings (SSSR count). The lowest BCUT2D eigenvalue weighted by molar-refractivity contribution is 1.36. The SMILES string of the molecule is ClCc1ccccc1Nc1nc2ccccc2s1. The minimum absolute atomic E-state index is 0.494. The molecule has 1 aromatic heterocycles. The van der Waals surface area contributed by atoms with Crippen LogP contribution in [0.25, 0.3) is 10.2 Å². The lowest BCUT2D eigenvalue weighted by Crippen LogP contribution is -1.93. The van der Waals surface area contributed by atoms with Gasteiger partial charge in [-0.15, -0.1) is 11.6 Å². The molecule has 0 bridgehead atoms. The third kappa shape index (κ3) is 2.19. The number of alkyl halides is 1. The number of halogens is 1. The molecule has 0 aliphatic heterocycles. The molecule has 18 heavy (non-hydrogen) atoms. The first-order chi connectivity index (χ1) is 8.86. The van der Waals surface area contributed by atoms with Crippen LogP contribution in [-0.2, 0) is 5.88 Å². The van der Waals surface area contributed by atoms with E-state index in [2.05, 4.69) is 16.4 Å². The number of nitrogens with zero attached hydrogens (tertiary/aromatic N) is 1. The van der Waals surface area contributed by atoms with Crippen molar-refractivity contribution in [2.45, 2.75) is 5.88 Å². The van der Waals surface area contributed by atoms with E-state index in [9.17, 15) is 0 Å². The summed E-state index contributed by atoms with van der Waals surface area (Å²) < 4.78 is 1.18. The van der Waals surface area contributed by atoms with Crippen LogP contribution in [0.15, 0.2) is 48.5 Å². The fraction of sp³-hybridized carbons (Fsp3) is 0.0714. The molecule has 0 fully saturated rings. The van der Waals surface area contributed by atoms with E-state index in [1.54, 1.807) is 11.3 Å². The molecule has 0 unspecified atom stereocenters. The van der Waals surface area contributed by atoms with Gasteiger partial charge in [0.1, 0.15) is 0 Å². The highest BCUT2D eigenvalue weighted by atomic mass is 35.5. The summed E-state index contributed by atoms with van der Waals surface area (Å²) in [5.41, 5.74) is 3.12. The number of hydrogen-bond donors (Lipinski definition) is 1. The monoisotopic (exact) mass is 274 g/mol. The number of thiazole rings is 1. The maximum atomic E-state index is 5.92. The third-order valence-corrected chi connectivity index (χ3v) is 3.94. The van der Waals surface area contributed by atoms with Gasteiger partial charge in [0.2, 0.25) is 0 Å². The Kier molecular flexibility index (Phi) is 3.17. The summed E-state index contributed by atoms with van der Waals surface area (Å²) in [6, 6.07) is 16.1. The van der Waals surface area contributed by atoms with Crippen LogP contribution in [0.5, 0.6) is 0 Å². The summed E-state index contributed by atoms with van der Waals surface area (Å²) in [5.74, 6) is 0.494. The summed E-state index contributed by atoms with van der Waals surface area (Å²) in [6.07, 6.45) is 0. The minimum Gasteiger partial charge on any atom is -0.331 e. The smallest absolute Gasteiger partial charge is 0.188 e. The summed E-state index contributed by atoms with van der Waals surface area (Å²) in [5, 5.41) is 4.23. The highest BCUT2D eigenvalue weighted by Crippen LogP contribution is 2.29. The zero-order chi connectivity index (χ0) is 12.4. The molecule has 2 nitrogen and oxygen atoms in total. The molecule has 0 aliphatic carbocycles. The van der Waals surface area contributed by atoms with Crippen LogP contribution in [-0.4, -0.2) is 4.98 Å². The van der Waals surface area contributed by atoms with E-state index in [4.69, 9.17) is 11.6 Å². The van der Waals surface area contributed by atoms with Crippen molar-refractivity contribution in [3.05, 3.63) is 54.1 Å². The van der Waals surface area contributed by atoms with Crippen molar-refractivity contribution in [2.75, 3.05) is 5.32 Å². The van der Waals surface area contributed by atoms with Gasteiger partial charge in [-0.3, -0.25) is 0 Å². The van der Waals surface area contributed by atoms with Crippen molar-refractivity contribution in [3.8, 4) is 0 Å². The third-order valence-electron chi connectivity index (χ3n) is 2.70. The summed E-state index contributed by atoms with van der Waals surface area (Å²) in [6.45, 7) is 0. The lowest BCUT2D eigenvalue weighted by Gasteiger charge is -2.06. The van der Waals surface area contributed by atoms with Gasteiger partial charge in [-0.05, 0) is 23.8 Å². The number of benzene rings is 2. The van der Waals surface area contributed by atoms with E-state index >= 15 is 0 Å². The van der Waals surface area contributed by atoms with E-state index in [1.165, 1.54) is 4.70 Å². The average Bonchev–Trinajstić information content (AvgIpc) is 2.81. The summed E-state index contributed by atoms with van der Waals surface area (Å²) in [4.78, 5) is 4.55. The Hall–Kier alpha value is -1.58. The van der Waals surface area contributed by atoms with E-state index < -0.39 is 0 Å². The highest BCUT2D eigenvalue weighted by Gasteiger charge is 2.05. The summed E-state index contributed by atoms with van der Waals surface area (Å²) >= 11 is 7.57. The predicted octanol–water partition coefficient (Wildman–Crippen LogP) is 4.78. The first kappa shape index (κ1) is 11.5. The van der Waals surface area contributed by atoms with Crippen LogP contribution in [0.2, 0.25) is 0 Å².